The second kappa shape index (κ2) is 7.07. The predicted octanol–water partition coefficient (Wildman–Crippen LogP) is 3.33. The zero-order valence-electron chi connectivity index (χ0n) is 10.5. The number of nitrogens with zero attached hydrogens (tertiary/aromatic N) is 1. The van der Waals surface area contributed by atoms with E-state index in [0.29, 0.717) is 6.04 Å². The minimum absolute atomic E-state index is 0.620. The van der Waals surface area contributed by atoms with Crippen molar-refractivity contribution in [2.45, 2.75) is 50.3 Å². The maximum absolute atomic E-state index is 5.28. The van der Waals surface area contributed by atoms with Crippen molar-refractivity contribution in [3.8, 4) is 0 Å². The summed E-state index contributed by atoms with van der Waals surface area (Å²) in [5, 5.41) is 4.48. The molecule has 1 N–H and O–H groups in total. The van der Waals surface area contributed by atoms with Crippen molar-refractivity contribution >= 4 is 11.8 Å². The highest BCUT2D eigenvalue weighted by atomic mass is 32.2. The molecule has 4 heteroatoms. The standard InChI is InChI=1S/C13H22N2OS/c1-2-7-14-12(11-5-3-4-6-11)10-17-13-15-8-9-16-13/h8-9,11-12,14H,2-7,10H2,1H3. The molecule has 1 fully saturated rings. The van der Waals surface area contributed by atoms with Crippen LogP contribution in [0.1, 0.15) is 39.0 Å². The minimum atomic E-state index is 0.620. The maximum Gasteiger partial charge on any atom is 0.255 e. The molecule has 1 saturated carbocycles. The lowest BCUT2D eigenvalue weighted by molar-refractivity contribution is 0.386. The highest BCUT2D eigenvalue weighted by Crippen LogP contribution is 2.30. The first-order valence-electron chi connectivity index (χ1n) is 6.66. The van der Waals surface area contributed by atoms with E-state index < -0.39 is 0 Å². The van der Waals surface area contributed by atoms with E-state index in [4.69, 9.17) is 4.42 Å². The number of oxazole rings is 1. The molecule has 1 atom stereocenters. The van der Waals surface area contributed by atoms with E-state index in [9.17, 15) is 0 Å². The first kappa shape index (κ1) is 13.0. The lowest BCUT2D eigenvalue weighted by Crippen LogP contribution is -2.37. The molecule has 1 heterocycles. The number of nitrogens with one attached hydrogen (secondary N) is 1. The van der Waals surface area contributed by atoms with Gasteiger partial charge in [-0.3, -0.25) is 0 Å². The normalized spacial score (nSPS) is 18.6. The van der Waals surface area contributed by atoms with E-state index in [1.807, 2.05) is 0 Å². The van der Waals surface area contributed by atoms with Crippen LogP contribution in [0.3, 0.4) is 0 Å². The van der Waals surface area contributed by atoms with Gasteiger partial charge in [-0.1, -0.05) is 31.5 Å². The molecule has 1 aliphatic carbocycles. The highest BCUT2D eigenvalue weighted by Gasteiger charge is 2.24. The molecule has 1 unspecified atom stereocenters. The SMILES string of the molecule is CCCNC(CSc1ncco1)C1CCCC1. The largest absolute Gasteiger partial charge is 0.440 e. The molecule has 2 rings (SSSR count). The van der Waals surface area contributed by atoms with Gasteiger partial charge in [-0.05, 0) is 31.7 Å². The first-order valence-corrected chi connectivity index (χ1v) is 7.64. The van der Waals surface area contributed by atoms with Gasteiger partial charge in [0.1, 0.15) is 6.26 Å². The fraction of sp³-hybridized carbons (Fsp3) is 0.769. The van der Waals surface area contributed by atoms with Crippen molar-refractivity contribution in [1.29, 1.82) is 0 Å². The summed E-state index contributed by atoms with van der Waals surface area (Å²) in [4.78, 5) is 4.16. The van der Waals surface area contributed by atoms with Crippen LogP contribution in [0, 0.1) is 5.92 Å². The Bertz CT molecular complexity index is 296. The zero-order chi connectivity index (χ0) is 11.9. The second-order valence-electron chi connectivity index (χ2n) is 4.71. The van der Waals surface area contributed by atoms with Crippen LogP contribution in [0.4, 0.5) is 0 Å². The van der Waals surface area contributed by atoms with Gasteiger partial charge in [0.05, 0.1) is 6.20 Å². The Labute approximate surface area is 108 Å². The summed E-state index contributed by atoms with van der Waals surface area (Å²) in [6.45, 7) is 3.34. The zero-order valence-corrected chi connectivity index (χ0v) is 11.3. The van der Waals surface area contributed by atoms with Gasteiger partial charge in [0.2, 0.25) is 0 Å². The molecule has 3 nitrogen and oxygen atoms in total. The Morgan fingerprint density at radius 2 is 2.35 bits per heavy atom. The van der Waals surface area contributed by atoms with Gasteiger partial charge < -0.3 is 9.73 Å². The van der Waals surface area contributed by atoms with Crippen LogP contribution in [0.2, 0.25) is 0 Å². The topological polar surface area (TPSA) is 38.1 Å². The molecule has 0 spiro atoms. The number of thioether (sulfide) groups is 1. The number of aromatic nitrogens is 1. The quantitative estimate of drug-likeness (QED) is 0.757. The third kappa shape index (κ3) is 4.03. The van der Waals surface area contributed by atoms with Crippen LogP contribution >= 0.6 is 11.8 Å². The summed E-state index contributed by atoms with van der Waals surface area (Å²) < 4.78 is 5.28. The lowest BCUT2D eigenvalue weighted by atomic mass is 10.00. The van der Waals surface area contributed by atoms with Crippen molar-refractivity contribution in [2.75, 3.05) is 12.3 Å². The molecule has 0 aromatic carbocycles. The van der Waals surface area contributed by atoms with E-state index in [-0.39, 0.29) is 0 Å². The van der Waals surface area contributed by atoms with Crippen LogP contribution in [0.5, 0.6) is 0 Å². The number of hydrogen-bond acceptors (Lipinski definition) is 4. The molecule has 0 bridgehead atoms. The van der Waals surface area contributed by atoms with Crippen LogP contribution in [-0.2, 0) is 0 Å². The molecule has 0 amide bonds. The smallest absolute Gasteiger partial charge is 0.255 e. The van der Waals surface area contributed by atoms with Crippen molar-refractivity contribution in [3.63, 3.8) is 0 Å². The van der Waals surface area contributed by atoms with Gasteiger partial charge in [-0.15, -0.1) is 0 Å². The molecular formula is C13H22N2OS. The van der Waals surface area contributed by atoms with E-state index in [1.54, 1.807) is 24.2 Å². The van der Waals surface area contributed by atoms with E-state index in [2.05, 4.69) is 17.2 Å². The average molecular weight is 254 g/mol. The van der Waals surface area contributed by atoms with E-state index in [0.717, 1.165) is 23.4 Å². The van der Waals surface area contributed by atoms with Gasteiger partial charge in [0.25, 0.3) is 5.22 Å². The van der Waals surface area contributed by atoms with Gasteiger partial charge in [-0.2, -0.15) is 0 Å². The first-order chi connectivity index (χ1) is 8.40. The Morgan fingerprint density at radius 1 is 1.53 bits per heavy atom. The van der Waals surface area contributed by atoms with E-state index >= 15 is 0 Å². The summed E-state index contributed by atoms with van der Waals surface area (Å²) in [6.07, 6.45) is 10.1. The molecule has 96 valence electrons. The van der Waals surface area contributed by atoms with Crippen molar-refractivity contribution in [1.82, 2.24) is 10.3 Å². The Hall–Kier alpha value is -0.480. The van der Waals surface area contributed by atoms with Gasteiger partial charge in [0.15, 0.2) is 0 Å². The molecule has 17 heavy (non-hydrogen) atoms. The molecule has 0 saturated heterocycles. The highest BCUT2D eigenvalue weighted by molar-refractivity contribution is 7.99. The fourth-order valence-electron chi connectivity index (χ4n) is 2.49. The Morgan fingerprint density at radius 3 is 3.00 bits per heavy atom. The van der Waals surface area contributed by atoms with Gasteiger partial charge in [0, 0.05) is 11.8 Å². The molecule has 1 aliphatic rings. The summed E-state index contributed by atoms with van der Waals surface area (Å²) in [5.74, 6) is 1.93. The summed E-state index contributed by atoms with van der Waals surface area (Å²) in [6, 6.07) is 0.620. The molecule has 1 aromatic heterocycles. The summed E-state index contributed by atoms with van der Waals surface area (Å²) in [5.41, 5.74) is 0. The van der Waals surface area contributed by atoms with Gasteiger partial charge >= 0.3 is 0 Å². The van der Waals surface area contributed by atoms with Crippen molar-refractivity contribution < 1.29 is 4.42 Å². The average Bonchev–Trinajstić information content (AvgIpc) is 3.01. The molecule has 0 radical (unpaired) electrons. The van der Waals surface area contributed by atoms with Crippen molar-refractivity contribution in [3.05, 3.63) is 12.5 Å². The van der Waals surface area contributed by atoms with Gasteiger partial charge in [-0.25, -0.2) is 4.98 Å². The maximum atomic E-state index is 5.28. The molecule has 0 aliphatic heterocycles. The van der Waals surface area contributed by atoms with Crippen LogP contribution in [-0.4, -0.2) is 23.3 Å². The predicted molar refractivity (Wildman–Crippen MR) is 71.3 cm³/mol. The third-order valence-corrected chi connectivity index (χ3v) is 4.40. The molecule has 1 aromatic rings. The number of rotatable bonds is 7. The molecular weight excluding hydrogens is 232 g/mol. The summed E-state index contributed by atoms with van der Waals surface area (Å²) in [7, 11) is 0. The minimum Gasteiger partial charge on any atom is -0.440 e. The van der Waals surface area contributed by atoms with Crippen LogP contribution in [0.15, 0.2) is 22.1 Å². The Balaban J connectivity index is 1.81. The second-order valence-corrected chi connectivity index (χ2v) is 5.69. The Kier molecular flexibility index (Phi) is 5.39. The fourth-order valence-corrected chi connectivity index (χ4v) is 3.47. The van der Waals surface area contributed by atoms with Crippen LogP contribution in [0.25, 0.3) is 0 Å². The number of hydrogen-bond donors (Lipinski definition) is 1. The van der Waals surface area contributed by atoms with Crippen molar-refractivity contribution in [2.24, 2.45) is 5.92 Å². The van der Waals surface area contributed by atoms with E-state index in [1.165, 1.54) is 32.1 Å². The summed E-state index contributed by atoms with van der Waals surface area (Å²) >= 11 is 1.73. The third-order valence-electron chi connectivity index (χ3n) is 3.42. The lowest BCUT2D eigenvalue weighted by Gasteiger charge is -2.23. The van der Waals surface area contributed by atoms with Crippen LogP contribution < -0.4 is 5.32 Å². The monoisotopic (exact) mass is 254 g/mol.